The van der Waals surface area contributed by atoms with Crippen LogP contribution in [-0.2, 0) is 13.1 Å². The highest BCUT2D eigenvalue weighted by Gasteiger charge is 2.27. The molecule has 1 N–H and O–H groups in total. The Labute approximate surface area is 205 Å². The van der Waals surface area contributed by atoms with Crippen molar-refractivity contribution >= 4 is 5.88 Å². The third kappa shape index (κ3) is 5.61. The van der Waals surface area contributed by atoms with E-state index in [1.807, 2.05) is 60.7 Å². The van der Waals surface area contributed by atoms with Gasteiger partial charge in [-0.25, -0.2) is 4.39 Å². The minimum Gasteiger partial charge on any atom is -0.387 e. The highest BCUT2D eigenvalue weighted by molar-refractivity contribution is 5.68. The Hall–Kier alpha value is -3.48. The molecule has 1 atom stereocenters. The molecule has 2 heterocycles. The molecule has 0 bridgehead atoms. The molecule has 35 heavy (non-hydrogen) atoms. The summed E-state index contributed by atoms with van der Waals surface area (Å²) in [5.74, 6) is 0.547. The van der Waals surface area contributed by atoms with Gasteiger partial charge in [0.2, 0.25) is 5.88 Å². The summed E-state index contributed by atoms with van der Waals surface area (Å²) in [6, 6.07) is 26.3. The second kappa shape index (κ2) is 10.8. The van der Waals surface area contributed by atoms with Crippen molar-refractivity contribution in [1.82, 2.24) is 10.1 Å². The van der Waals surface area contributed by atoms with Crippen LogP contribution in [0.15, 0.2) is 89.5 Å². The Morgan fingerprint density at radius 3 is 2.23 bits per heavy atom. The van der Waals surface area contributed by atoms with Gasteiger partial charge in [-0.1, -0.05) is 78.0 Å². The fourth-order valence-electron chi connectivity index (χ4n) is 4.72. The zero-order chi connectivity index (χ0) is 24.0. The number of hydrogen-bond acceptors (Lipinski definition) is 5. The van der Waals surface area contributed by atoms with E-state index in [0.717, 1.165) is 59.8 Å². The van der Waals surface area contributed by atoms with E-state index in [2.05, 4.69) is 15.0 Å². The number of anilines is 1. The summed E-state index contributed by atoms with van der Waals surface area (Å²) >= 11 is 0. The van der Waals surface area contributed by atoms with Crippen LogP contribution in [0.1, 0.15) is 35.6 Å². The summed E-state index contributed by atoms with van der Waals surface area (Å²) in [5, 5.41) is 15.5. The number of nitrogens with zero attached hydrogens (tertiary/aromatic N) is 3. The quantitative estimate of drug-likeness (QED) is 0.334. The van der Waals surface area contributed by atoms with Crippen molar-refractivity contribution in [3.8, 4) is 11.3 Å². The van der Waals surface area contributed by atoms with Crippen LogP contribution in [0.25, 0.3) is 11.3 Å². The lowest BCUT2D eigenvalue weighted by molar-refractivity contribution is 0.105. The Kier molecular flexibility index (Phi) is 7.21. The molecule has 1 unspecified atom stereocenters. The Morgan fingerprint density at radius 1 is 0.886 bits per heavy atom. The summed E-state index contributed by atoms with van der Waals surface area (Å²) in [5.41, 5.74) is 4.69. The van der Waals surface area contributed by atoms with Gasteiger partial charge in [0, 0.05) is 38.3 Å². The van der Waals surface area contributed by atoms with Crippen molar-refractivity contribution in [2.75, 3.05) is 24.5 Å². The van der Waals surface area contributed by atoms with E-state index in [1.54, 1.807) is 12.1 Å². The lowest BCUT2D eigenvalue weighted by Gasteiger charge is -2.26. The molecule has 1 aliphatic rings. The lowest BCUT2D eigenvalue weighted by atomic mass is 10.0. The molecule has 5 nitrogen and oxygen atoms in total. The topological polar surface area (TPSA) is 52.7 Å². The van der Waals surface area contributed by atoms with Crippen LogP contribution in [-0.4, -0.2) is 34.8 Å². The first-order valence-electron chi connectivity index (χ1n) is 12.2. The van der Waals surface area contributed by atoms with Crippen molar-refractivity contribution in [2.45, 2.75) is 32.0 Å². The van der Waals surface area contributed by atoms with Crippen molar-refractivity contribution in [3.63, 3.8) is 0 Å². The SMILES string of the molecule is OC(CN(Cc1ccc(F)cc1)Cc1c(-c2ccccc2)noc1N1CCCC1)c1ccccc1. The van der Waals surface area contributed by atoms with Crippen molar-refractivity contribution in [2.24, 2.45) is 0 Å². The maximum atomic E-state index is 13.5. The molecule has 0 spiro atoms. The van der Waals surface area contributed by atoms with Gasteiger partial charge < -0.3 is 14.5 Å². The van der Waals surface area contributed by atoms with E-state index in [0.29, 0.717) is 19.6 Å². The lowest BCUT2D eigenvalue weighted by Crippen LogP contribution is -2.29. The predicted molar refractivity (Wildman–Crippen MR) is 135 cm³/mol. The van der Waals surface area contributed by atoms with E-state index >= 15 is 0 Å². The fourth-order valence-corrected chi connectivity index (χ4v) is 4.72. The van der Waals surface area contributed by atoms with E-state index in [1.165, 1.54) is 12.1 Å². The molecule has 1 fully saturated rings. The maximum absolute atomic E-state index is 13.5. The van der Waals surface area contributed by atoms with Crippen molar-refractivity contribution in [3.05, 3.63) is 107 Å². The summed E-state index contributed by atoms with van der Waals surface area (Å²) in [4.78, 5) is 4.45. The van der Waals surface area contributed by atoms with Gasteiger partial charge in [-0.3, -0.25) is 4.90 Å². The summed E-state index contributed by atoms with van der Waals surface area (Å²) in [6.07, 6.45) is 1.60. The van der Waals surface area contributed by atoms with Gasteiger partial charge in [0.15, 0.2) is 0 Å². The van der Waals surface area contributed by atoms with Gasteiger partial charge in [-0.2, -0.15) is 0 Å². The number of aliphatic hydroxyl groups is 1. The van der Waals surface area contributed by atoms with E-state index < -0.39 is 6.10 Å². The smallest absolute Gasteiger partial charge is 0.232 e. The minimum absolute atomic E-state index is 0.258. The molecule has 180 valence electrons. The molecular formula is C29H30FN3O2. The standard InChI is InChI=1S/C29H30FN3O2/c30-25-15-13-22(14-16-25)19-32(21-27(34)23-9-3-1-4-10-23)20-26-28(24-11-5-2-6-12-24)31-35-29(26)33-17-7-8-18-33/h1-6,9-16,27,34H,7-8,17-21H2. The van der Waals surface area contributed by atoms with Crippen LogP contribution < -0.4 is 4.90 Å². The largest absolute Gasteiger partial charge is 0.387 e. The molecule has 1 aromatic heterocycles. The number of aliphatic hydroxyl groups excluding tert-OH is 1. The number of hydrogen-bond donors (Lipinski definition) is 1. The van der Waals surface area contributed by atoms with Crippen LogP contribution in [0.2, 0.25) is 0 Å². The first-order valence-corrected chi connectivity index (χ1v) is 12.2. The second-order valence-electron chi connectivity index (χ2n) is 9.10. The zero-order valence-corrected chi connectivity index (χ0v) is 19.7. The summed E-state index contributed by atoms with van der Waals surface area (Å²) in [7, 11) is 0. The van der Waals surface area contributed by atoms with E-state index in [-0.39, 0.29) is 5.82 Å². The molecule has 1 saturated heterocycles. The van der Waals surface area contributed by atoms with E-state index in [4.69, 9.17) is 4.52 Å². The monoisotopic (exact) mass is 471 g/mol. The Morgan fingerprint density at radius 2 is 1.54 bits per heavy atom. The van der Waals surface area contributed by atoms with Gasteiger partial charge in [0.1, 0.15) is 11.5 Å². The molecule has 6 heteroatoms. The third-order valence-electron chi connectivity index (χ3n) is 6.52. The molecule has 1 aliphatic heterocycles. The fraction of sp³-hybridized carbons (Fsp3) is 0.276. The normalized spacial score (nSPS) is 14.5. The second-order valence-corrected chi connectivity index (χ2v) is 9.10. The van der Waals surface area contributed by atoms with Gasteiger partial charge in [0.05, 0.1) is 11.7 Å². The summed E-state index contributed by atoms with van der Waals surface area (Å²) in [6.45, 7) is 3.41. The van der Waals surface area contributed by atoms with Crippen molar-refractivity contribution in [1.29, 1.82) is 0 Å². The first-order chi connectivity index (χ1) is 17.2. The molecule has 0 aliphatic carbocycles. The molecule has 0 radical (unpaired) electrons. The number of halogens is 1. The molecule has 3 aromatic carbocycles. The van der Waals surface area contributed by atoms with Crippen LogP contribution in [0.4, 0.5) is 10.3 Å². The predicted octanol–water partition coefficient (Wildman–Crippen LogP) is 5.82. The highest BCUT2D eigenvalue weighted by Crippen LogP contribution is 2.34. The maximum Gasteiger partial charge on any atom is 0.232 e. The highest BCUT2D eigenvalue weighted by atomic mass is 19.1. The van der Waals surface area contributed by atoms with Crippen molar-refractivity contribution < 1.29 is 14.0 Å². The Balaban J connectivity index is 1.48. The Bertz CT molecular complexity index is 1210. The summed E-state index contributed by atoms with van der Waals surface area (Å²) < 4.78 is 19.5. The number of rotatable bonds is 9. The first kappa shape index (κ1) is 23.3. The van der Waals surface area contributed by atoms with Gasteiger partial charge in [-0.05, 0) is 36.1 Å². The van der Waals surface area contributed by atoms with E-state index in [9.17, 15) is 9.50 Å². The number of benzene rings is 3. The number of aromatic nitrogens is 1. The molecule has 5 rings (SSSR count). The van der Waals surface area contributed by atoms with Crippen LogP contribution in [0, 0.1) is 5.82 Å². The molecule has 0 amide bonds. The van der Waals surface area contributed by atoms with Gasteiger partial charge in [-0.15, -0.1) is 0 Å². The minimum atomic E-state index is -0.660. The van der Waals surface area contributed by atoms with Crippen LogP contribution in [0.5, 0.6) is 0 Å². The van der Waals surface area contributed by atoms with Gasteiger partial charge in [0.25, 0.3) is 0 Å². The molecule has 4 aromatic rings. The molecule has 0 saturated carbocycles. The third-order valence-corrected chi connectivity index (χ3v) is 6.52. The molecular weight excluding hydrogens is 441 g/mol. The zero-order valence-electron chi connectivity index (χ0n) is 19.7. The van der Waals surface area contributed by atoms with Crippen LogP contribution in [0.3, 0.4) is 0 Å². The average Bonchev–Trinajstić information content (AvgIpc) is 3.57. The average molecular weight is 472 g/mol. The van der Waals surface area contributed by atoms with Crippen LogP contribution >= 0.6 is 0 Å². The van der Waals surface area contributed by atoms with Gasteiger partial charge >= 0.3 is 0 Å².